The first-order valence-corrected chi connectivity index (χ1v) is 9.01. The first kappa shape index (κ1) is 22.7. The van der Waals surface area contributed by atoms with Crippen molar-refractivity contribution in [3.05, 3.63) is 84.5 Å². The van der Waals surface area contributed by atoms with Gasteiger partial charge < -0.3 is 14.9 Å². The first-order valence-electron chi connectivity index (χ1n) is 9.01. The van der Waals surface area contributed by atoms with E-state index in [1.165, 1.54) is 12.1 Å². The highest BCUT2D eigenvalue weighted by molar-refractivity contribution is 5.98. The molecule has 0 unspecified atom stereocenters. The second-order valence-corrected chi connectivity index (χ2v) is 5.82. The standard InChI is InChI=1S/C17H20O5.C6H6/c1-3-5-7-13(18)9-12-10-14(19)11-15(20)16(12)17(21)22-8-6-4-2;1-2-4-6-5-3-1/h4-5,7,10-11,19-20H,2-3,6,8-9H2,1H3;1-6H/b7-5+;. The topological polar surface area (TPSA) is 83.8 Å². The summed E-state index contributed by atoms with van der Waals surface area (Å²) in [7, 11) is 0. The van der Waals surface area contributed by atoms with Crippen LogP contribution >= 0.6 is 0 Å². The normalized spacial score (nSPS) is 10.0. The van der Waals surface area contributed by atoms with Gasteiger partial charge in [0.2, 0.25) is 0 Å². The van der Waals surface area contributed by atoms with E-state index in [1.807, 2.05) is 43.3 Å². The van der Waals surface area contributed by atoms with E-state index in [1.54, 1.807) is 12.2 Å². The lowest BCUT2D eigenvalue weighted by Gasteiger charge is -2.11. The quantitative estimate of drug-likeness (QED) is 0.302. The summed E-state index contributed by atoms with van der Waals surface area (Å²) in [5.41, 5.74) is 0.131. The number of phenolic OH excluding ortho intramolecular Hbond substituents is 2. The molecular weight excluding hydrogens is 356 g/mol. The molecule has 0 radical (unpaired) electrons. The predicted molar refractivity (Wildman–Crippen MR) is 109 cm³/mol. The Labute approximate surface area is 165 Å². The van der Waals surface area contributed by atoms with Crippen molar-refractivity contribution < 1.29 is 24.5 Å². The molecule has 0 saturated carbocycles. The summed E-state index contributed by atoms with van der Waals surface area (Å²) >= 11 is 0. The van der Waals surface area contributed by atoms with E-state index in [2.05, 4.69) is 6.58 Å². The minimum Gasteiger partial charge on any atom is -0.508 e. The number of esters is 1. The number of phenols is 2. The predicted octanol–water partition coefficient (Wildman–Crippen LogP) is 4.60. The fourth-order valence-corrected chi connectivity index (χ4v) is 2.23. The molecule has 0 saturated heterocycles. The van der Waals surface area contributed by atoms with Gasteiger partial charge in [0, 0.05) is 12.5 Å². The summed E-state index contributed by atoms with van der Waals surface area (Å²) in [4.78, 5) is 23.9. The van der Waals surface area contributed by atoms with Crippen molar-refractivity contribution in [2.75, 3.05) is 6.61 Å². The molecule has 0 aliphatic heterocycles. The van der Waals surface area contributed by atoms with Crippen molar-refractivity contribution in [3.63, 3.8) is 0 Å². The number of benzene rings is 2. The lowest BCUT2D eigenvalue weighted by molar-refractivity contribution is -0.114. The fraction of sp³-hybridized carbons (Fsp3) is 0.217. The number of ketones is 1. The van der Waals surface area contributed by atoms with Gasteiger partial charge in [-0.3, -0.25) is 4.79 Å². The average molecular weight is 382 g/mol. The third-order valence-electron chi connectivity index (χ3n) is 3.51. The van der Waals surface area contributed by atoms with Gasteiger partial charge in [0.1, 0.15) is 17.1 Å². The van der Waals surface area contributed by atoms with E-state index in [-0.39, 0.29) is 35.7 Å². The Morgan fingerprint density at radius 2 is 1.68 bits per heavy atom. The molecule has 0 bridgehead atoms. The molecule has 0 aliphatic carbocycles. The van der Waals surface area contributed by atoms with Gasteiger partial charge in [-0.1, -0.05) is 55.5 Å². The number of allylic oxidation sites excluding steroid dienone is 2. The molecule has 0 fully saturated rings. The van der Waals surface area contributed by atoms with Crippen LogP contribution in [0.4, 0.5) is 0 Å². The van der Waals surface area contributed by atoms with Crippen LogP contribution in [0.1, 0.15) is 35.7 Å². The van der Waals surface area contributed by atoms with Crippen molar-refractivity contribution in [2.24, 2.45) is 0 Å². The summed E-state index contributed by atoms with van der Waals surface area (Å²) in [5, 5.41) is 19.4. The first-order chi connectivity index (χ1) is 13.5. The lowest BCUT2D eigenvalue weighted by Crippen LogP contribution is -2.11. The van der Waals surface area contributed by atoms with Gasteiger partial charge in [-0.05, 0) is 30.5 Å². The van der Waals surface area contributed by atoms with Gasteiger partial charge in [0.15, 0.2) is 5.78 Å². The lowest BCUT2D eigenvalue weighted by atomic mass is 10.0. The molecule has 0 spiro atoms. The van der Waals surface area contributed by atoms with Crippen molar-refractivity contribution in [2.45, 2.75) is 26.2 Å². The highest BCUT2D eigenvalue weighted by atomic mass is 16.5. The van der Waals surface area contributed by atoms with Crippen LogP contribution in [0.3, 0.4) is 0 Å². The third-order valence-corrected chi connectivity index (χ3v) is 3.51. The number of rotatable bonds is 8. The van der Waals surface area contributed by atoms with Gasteiger partial charge in [-0.2, -0.15) is 0 Å². The van der Waals surface area contributed by atoms with Gasteiger partial charge in [-0.15, -0.1) is 6.58 Å². The molecule has 0 atom stereocenters. The molecule has 0 amide bonds. The average Bonchev–Trinajstić information content (AvgIpc) is 2.68. The third kappa shape index (κ3) is 8.36. The summed E-state index contributed by atoms with van der Waals surface area (Å²) in [6, 6.07) is 14.3. The molecule has 5 heteroatoms. The molecule has 148 valence electrons. The number of ether oxygens (including phenoxy) is 1. The number of aromatic hydroxyl groups is 2. The summed E-state index contributed by atoms with van der Waals surface area (Å²) < 4.78 is 5.01. The largest absolute Gasteiger partial charge is 0.508 e. The fourth-order valence-electron chi connectivity index (χ4n) is 2.23. The van der Waals surface area contributed by atoms with Gasteiger partial charge in [0.25, 0.3) is 0 Å². The molecule has 0 aromatic heterocycles. The minimum absolute atomic E-state index is 0.0971. The van der Waals surface area contributed by atoms with Gasteiger partial charge >= 0.3 is 5.97 Å². The van der Waals surface area contributed by atoms with E-state index in [0.29, 0.717) is 12.8 Å². The molecule has 0 aliphatic rings. The van der Waals surface area contributed by atoms with E-state index < -0.39 is 11.7 Å². The van der Waals surface area contributed by atoms with E-state index in [9.17, 15) is 19.8 Å². The Morgan fingerprint density at radius 1 is 1.07 bits per heavy atom. The van der Waals surface area contributed by atoms with Crippen LogP contribution in [0.5, 0.6) is 11.5 Å². The molecule has 0 heterocycles. The molecule has 2 aromatic carbocycles. The van der Waals surface area contributed by atoms with Crippen LogP contribution < -0.4 is 0 Å². The van der Waals surface area contributed by atoms with Crippen LogP contribution in [-0.2, 0) is 16.0 Å². The number of carbonyl (C=O) groups excluding carboxylic acids is 2. The van der Waals surface area contributed by atoms with Gasteiger partial charge in [0.05, 0.1) is 6.61 Å². The molecule has 2 aromatic rings. The van der Waals surface area contributed by atoms with Crippen molar-refractivity contribution in [3.8, 4) is 11.5 Å². The SMILES string of the molecule is C=CCCOC(=O)c1c(O)cc(O)cc1CC(=O)/C=C/CC.c1ccccc1. The Kier molecular flexibility index (Phi) is 10.5. The maximum Gasteiger partial charge on any atom is 0.342 e. The van der Waals surface area contributed by atoms with Crippen LogP contribution in [-0.4, -0.2) is 28.6 Å². The Morgan fingerprint density at radius 3 is 2.21 bits per heavy atom. The maximum absolute atomic E-state index is 12.0. The zero-order valence-corrected chi connectivity index (χ0v) is 16.0. The van der Waals surface area contributed by atoms with Gasteiger partial charge in [-0.25, -0.2) is 4.79 Å². The number of carbonyl (C=O) groups is 2. The van der Waals surface area contributed by atoms with Crippen LogP contribution in [0.25, 0.3) is 0 Å². The Balaban J connectivity index is 0.000000552. The molecule has 2 N–H and O–H groups in total. The maximum atomic E-state index is 12.0. The Bertz CT molecular complexity index is 767. The second-order valence-electron chi connectivity index (χ2n) is 5.82. The smallest absolute Gasteiger partial charge is 0.342 e. The molecule has 2 rings (SSSR count). The highest BCUT2D eigenvalue weighted by Gasteiger charge is 2.20. The minimum atomic E-state index is -0.735. The van der Waals surface area contributed by atoms with Crippen LogP contribution in [0, 0.1) is 0 Å². The van der Waals surface area contributed by atoms with E-state index >= 15 is 0 Å². The zero-order valence-electron chi connectivity index (χ0n) is 16.0. The highest BCUT2D eigenvalue weighted by Crippen LogP contribution is 2.28. The van der Waals surface area contributed by atoms with Crippen molar-refractivity contribution in [1.29, 1.82) is 0 Å². The number of hydrogen-bond acceptors (Lipinski definition) is 5. The van der Waals surface area contributed by atoms with E-state index in [4.69, 9.17) is 4.74 Å². The van der Waals surface area contributed by atoms with Crippen LogP contribution in [0.15, 0.2) is 73.3 Å². The van der Waals surface area contributed by atoms with Crippen molar-refractivity contribution >= 4 is 11.8 Å². The molecular formula is C23H26O5. The molecule has 5 nitrogen and oxygen atoms in total. The summed E-state index contributed by atoms with van der Waals surface area (Å²) in [6.07, 6.45) is 5.81. The second kappa shape index (κ2) is 12.9. The van der Waals surface area contributed by atoms with Crippen molar-refractivity contribution in [1.82, 2.24) is 0 Å². The van der Waals surface area contributed by atoms with Crippen LogP contribution in [0.2, 0.25) is 0 Å². The zero-order chi connectivity index (χ0) is 20.8. The number of hydrogen-bond donors (Lipinski definition) is 2. The van der Waals surface area contributed by atoms with E-state index in [0.717, 1.165) is 6.07 Å². The summed E-state index contributed by atoms with van der Waals surface area (Å²) in [5.74, 6) is -1.60. The Hall–Kier alpha value is -3.34. The monoisotopic (exact) mass is 382 g/mol. The summed E-state index contributed by atoms with van der Waals surface area (Å²) in [6.45, 7) is 5.54. The molecule has 28 heavy (non-hydrogen) atoms.